The normalized spacial score (nSPS) is 21.3. The predicted octanol–water partition coefficient (Wildman–Crippen LogP) is 2.43. The van der Waals surface area contributed by atoms with Gasteiger partial charge in [-0.25, -0.2) is 14.4 Å². The van der Waals surface area contributed by atoms with E-state index >= 15 is 0 Å². The van der Waals surface area contributed by atoms with Gasteiger partial charge in [-0.15, -0.1) is 11.3 Å². The van der Waals surface area contributed by atoms with E-state index in [-0.39, 0.29) is 11.9 Å². The molecule has 1 saturated heterocycles. The van der Waals surface area contributed by atoms with Gasteiger partial charge in [0.15, 0.2) is 12.1 Å². The first-order valence-electron chi connectivity index (χ1n) is 7.88. The van der Waals surface area contributed by atoms with Crippen LogP contribution in [0.4, 0.5) is 4.39 Å². The van der Waals surface area contributed by atoms with Gasteiger partial charge in [0.25, 0.3) is 5.91 Å². The molecule has 0 aromatic carbocycles. The molecule has 0 saturated carbocycles. The summed E-state index contributed by atoms with van der Waals surface area (Å²) in [6, 6.07) is -0.0114. The zero-order valence-corrected chi connectivity index (χ0v) is 14.8. The van der Waals surface area contributed by atoms with E-state index < -0.39 is 6.17 Å². The van der Waals surface area contributed by atoms with Crippen molar-refractivity contribution in [3.05, 3.63) is 33.9 Å². The fourth-order valence-corrected chi connectivity index (χ4v) is 3.86. The zero-order valence-electron chi connectivity index (χ0n) is 14.0. The molecule has 6 nitrogen and oxygen atoms in total. The summed E-state index contributed by atoms with van der Waals surface area (Å²) in [7, 11) is 1.72. The van der Waals surface area contributed by atoms with Crippen LogP contribution in [-0.2, 0) is 6.54 Å². The minimum Gasteiger partial charge on any atom is -0.448 e. The van der Waals surface area contributed by atoms with Crippen LogP contribution in [-0.4, -0.2) is 58.0 Å². The molecular formula is C16H21FN4O2S. The smallest absolute Gasteiger partial charge is 0.275 e. The van der Waals surface area contributed by atoms with E-state index in [0.29, 0.717) is 37.5 Å². The zero-order chi connectivity index (χ0) is 17.3. The summed E-state index contributed by atoms with van der Waals surface area (Å²) >= 11 is 1.59. The number of aryl methyl sites for hydroxylation is 2. The van der Waals surface area contributed by atoms with Gasteiger partial charge in [0, 0.05) is 37.6 Å². The molecule has 2 aromatic rings. The maximum atomic E-state index is 14.0. The Labute approximate surface area is 144 Å². The Morgan fingerprint density at radius 1 is 1.50 bits per heavy atom. The topological polar surface area (TPSA) is 62.5 Å². The van der Waals surface area contributed by atoms with Crippen molar-refractivity contribution >= 4 is 17.2 Å². The van der Waals surface area contributed by atoms with E-state index in [2.05, 4.69) is 14.9 Å². The van der Waals surface area contributed by atoms with E-state index in [4.69, 9.17) is 4.42 Å². The molecule has 1 fully saturated rings. The number of hydrogen-bond donors (Lipinski definition) is 0. The first kappa shape index (κ1) is 17.0. The third-order valence-electron chi connectivity index (χ3n) is 4.45. The molecule has 1 aliphatic heterocycles. The van der Waals surface area contributed by atoms with Gasteiger partial charge in [0.2, 0.25) is 0 Å². The maximum absolute atomic E-state index is 14.0. The number of nitrogens with zero attached hydrogens (tertiary/aromatic N) is 4. The third kappa shape index (κ3) is 3.49. The lowest BCUT2D eigenvalue weighted by atomic mass is 10.2. The van der Waals surface area contributed by atoms with Crippen molar-refractivity contribution in [1.82, 2.24) is 19.8 Å². The van der Waals surface area contributed by atoms with Crippen LogP contribution in [0.1, 0.15) is 33.2 Å². The lowest BCUT2D eigenvalue weighted by Gasteiger charge is -2.27. The number of hydrogen-bond acceptors (Lipinski definition) is 6. The molecular weight excluding hydrogens is 331 g/mol. The van der Waals surface area contributed by atoms with E-state index in [1.165, 1.54) is 6.39 Å². The van der Waals surface area contributed by atoms with Gasteiger partial charge >= 0.3 is 0 Å². The Kier molecular flexibility index (Phi) is 4.96. The quantitative estimate of drug-likeness (QED) is 0.827. The molecule has 0 radical (unpaired) electrons. The Morgan fingerprint density at radius 3 is 2.92 bits per heavy atom. The second-order valence-corrected chi connectivity index (χ2v) is 7.16. The van der Waals surface area contributed by atoms with E-state index in [1.807, 2.05) is 12.4 Å². The summed E-state index contributed by atoms with van der Waals surface area (Å²) in [6.07, 6.45) is 0.843. The van der Waals surface area contributed by atoms with Crippen LogP contribution < -0.4 is 0 Å². The van der Waals surface area contributed by atoms with Crippen LogP contribution >= 0.6 is 11.3 Å². The molecule has 130 valence electrons. The van der Waals surface area contributed by atoms with Crippen molar-refractivity contribution in [1.29, 1.82) is 0 Å². The average molecular weight is 352 g/mol. The Hall–Kier alpha value is -1.80. The van der Waals surface area contributed by atoms with Gasteiger partial charge in [0.05, 0.1) is 11.2 Å². The van der Waals surface area contributed by atoms with Crippen molar-refractivity contribution in [2.75, 3.05) is 20.1 Å². The number of alkyl halides is 1. The molecule has 2 aromatic heterocycles. The van der Waals surface area contributed by atoms with Crippen molar-refractivity contribution < 1.29 is 13.6 Å². The van der Waals surface area contributed by atoms with Crippen molar-refractivity contribution in [3.8, 4) is 0 Å². The monoisotopic (exact) mass is 352 g/mol. The summed E-state index contributed by atoms with van der Waals surface area (Å²) in [6.45, 7) is 5.20. The number of amides is 1. The standard InChI is InChI=1S/C16H21FN4O2S/c1-10-14(24-9-19-10)7-21-5-12(17)4-13(21)6-20(3)16(22)15-11(2)23-8-18-15/h8-9,12-13H,4-7H2,1-3H3/t12-,13-/m0/s1. The third-order valence-corrected chi connectivity index (χ3v) is 5.37. The first-order valence-corrected chi connectivity index (χ1v) is 8.76. The Morgan fingerprint density at radius 2 is 2.29 bits per heavy atom. The molecule has 0 bridgehead atoms. The highest BCUT2D eigenvalue weighted by atomic mass is 32.1. The van der Waals surface area contributed by atoms with E-state index in [0.717, 1.165) is 10.6 Å². The van der Waals surface area contributed by atoms with Gasteiger partial charge in [-0.2, -0.15) is 0 Å². The van der Waals surface area contributed by atoms with Gasteiger partial charge < -0.3 is 9.32 Å². The number of oxazole rings is 1. The second-order valence-electron chi connectivity index (χ2n) is 6.22. The number of rotatable bonds is 5. The number of halogens is 1. The van der Waals surface area contributed by atoms with Crippen molar-refractivity contribution in [3.63, 3.8) is 0 Å². The molecule has 1 aliphatic rings. The van der Waals surface area contributed by atoms with E-state index in [1.54, 1.807) is 30.2 Å². The fraction of sp³-hybridized carbons (Fsp3) is 0.562. The predicted molar refractivity (Wildman–Crippen MR) is 88.8 cm³/mol. The number of likely N-dealkylation sites (tertiary alicyclic amines) is 1. The van der Waals surface area contributed by atoms with Crippen LogP contribution in [0.25, 0.3) is 0 Å². The van der Waals surface area contributed by atoms with Gasteiger partial charge in [-0.1, -0.05) is 0 Å². The summed E-state index contributed by atoms with van der Waals surface area (Å²) in [4.78, 5) is 25.5. The molecule has 0 N–H and O–H groups in total. The number of aromatic nitrogens is 2. The molecule has 0 spiro atoms. The highest BCUT2D eigenvalue weighted by Gasteiger charge is 2.34. The molecule has 0 unspecified atom stereocenters. The minimum absolute atomic E-state index is 0.0114. The molecule has 8 heteroatoms. The van der Waals surface area contributed by atoms with Gasteiger partial charge in [0.1, 0.15) is 11.9 Å². The van der Waals surface area contributed by atoms with Crippen LogP contribution in [0.5, 0.6) is 0 Å². The maximum Gasteiger partial charge on any atom is 0.275 e. The Bertz CT molecular complexity index is 717. The van der Waals surface area contributed by atoms with Crippen LogP contribution in [0.2, 0.25) is 0 Å². The summed E-state index contributed by atoms with van der Waals surface area (Å²) in [5.41, 5.74) is 3.12. The second kappa shape index (κ2) is 6.98. The molecule has 3 heterocycles. The summed E-state index contributed by atoms with van der Waals surface area (Å²) in [5, 5.41) is 0. The van der Waals surface area contributed by atoms with Gasteiger partial charge in [-0.05, 0) is 20.3 Å². The van der Waals surface area contributed by atoms with Crippen molar-refractivity contribution in [2.24, 2.45) is 0 Å². The van der Waals surface area contributed by atoms with Crippen LogP contribution in [0.3, 0.4) is 0 Å². The fourth-order valence-electron chi connectivity index (χ4n) is 3.06. The summed E-state index contributed by atoms with van der Waals surface area (Å²) in [5.74, 6) is 0.302. The lowest BCUT2D eigenvalue weighted by Crippen LogP contribution is -2.41. The number of carbonyl (C=O) groups is 1. The lowest BCUT2D eigenvalue weighted by molar-refractivity contribution is 0.0743. The molecule has 3 rings (SSSR count). The number of thiazole rings is 1. The SMILES string of the molecule is Cc1ncsc1CN1C[C@@H](F)C[C@H]1CN(C)C(=O)c1ncoc1C. The highest BCUT2D eigenvalue weighted by Crippen LogP contribution is 2.26. The molecule has 2 atom stereocenters. The number of carbonyl (C=O) groups excluding carboxylic acids is 1. The minimum atomic E-state index is -0.861. The highest BCUT2D eigenvalue weighted by molar-refractivity contribution is 7.09. The van der Waals surface area contributed by atoms with E-state index in [9.17, 15) is 9.18 Å². The molecule has 24 heavy (non-hydrogen) atoms. The Balaban J connectivity index is 1.67. The van der Waals surface area contributed by atoms with Crippen molar-refractivity contribution in [2.45, 2.75) is 39.0 Å². The average Bonchev–Trinajstić information content (AvgIpc) is 3.22. The largest absolute Gasteiger partial charge is 0.448 e. The molecule has 1 amide bonds. The number of likely N-dealkylation sites (N-methyl/N-ethyl adjacent to an activating group) is 1. The van der Waals surface area contributed by atoms with Gasteiger partial charge in [-0.3, -0.25) is 9.69 Å². The molecule has 0 aliphatic carbocycles. The summed E-state index contributed by atoms with van der Waals surface area (Å²) < 4.78 is 19.0. The van der Waals surface area contributed by atoms with Crippen LogP contribution in [0.15, 0.2) is 16.3 Å². The first-order chi connectivity index (χ1) is 11.5. The van der Waals surface area contributed by atoms with Crippen LogP contribution in [0, 0.1) is 13.8 Å².